The van der Waals surface area contributed by atoms with E-state index in [1.165, 1.54) is 0 Å². The Bertz CT molecular complexity index is 2280. The minimum Gasteiger partial charge on any atom is -0.870 e. The summed E-state index contributed by atoms with van der Waals surface area (Å²) in [4.78, 5) is 55.2. The third-order valence-corrected chi connectivity index (χ3v) is 7.71. The SMILES string of the molecule is CCOC(=O)COc1cccc(COc2ccccc2C(=O)Nc2cccnc2)c1.O=C(O)COc1cccc(COc2ccccc2C(=O)Nc2cccnc2)c1.[Li+].[OH-]. The second-order valence-electron chi connectivity index (χ2n) is 12.0. The molecule has 0 saturated heterocycles. The summed E-state index contributed by atoms with van der Waals surface area (Å²) in [7, 11) is 0. The first kappa shape index (κ1) is 47.2. The molecule has 2 amide bonds. The molecule has 0 atom stereocenters. The van der Waals surface area contributed by atoms with Crippen LogP contribution >= 0.6 is 0 Å². The quantitative estimate of drug-likeness (QED) is 0.0877. The first-order valence-corrected chi connectivity index (χ1v) is 17.9. The molecule has 0 aliphatic rings. The number of anilines is 2. The predicted molar refractivity (Wildman–Crippen MR) is 216 cm³/mol. The summed E-state index contributed by atoms with van der Waals surface area (Å²) in [5.41, 5.74) is 3.61. The molecular formula is C44H41LiN4O11. The van der Waals surface area contributed by atoms with Crippen LogP contribution in [-0.2, 0) is 27.5 Å². The number of ether oxygens (including phenoxy) is 5. The molecule has 0 aliphatic heterocycles. The average Bonchev–Trinajstić information content (AvgIpc) is 3.25. The van der Waals surface area contributed by atoms with Gasteiger partial charge in [0.2, 0.25) is 0 Å². The Morgan fingerprint density at radius 1 is 0.583 bits per heavy atom. The van der Waals surface area contributed by atoms with E-state index < -0.39 is 18.5 Å². The van der Waals surface area contributed by atoms with Gasteiger partial charge in [-0.15, -0.1) is 0 Å². The van der Waals surface area contributed by atoms with Gasteiger partial charge in [-0.25, -0.2) is 9.59 Å². The van der Waals surface area contributed by atoms with E-state index in [9.17, 15) is 19.2 Å². The molecule has 0 radical (unpaired) electrons. The third kappa shape index (κ3) is 15.6. The van der Waals surface area contributed by atoms with Gasteiger partial charge in [0.25, 0.3) is 11.8 Å². The van der Waals surface area contributed by atoms with Crippen molar-refractivity contribution in [3.8, 4) is 23.0 Å². The van der Waals surface area contributed by atoms with E-state index in [4.69, 9.17) is 28.8 Å². The van der Waals surface area contributed by atoms with Crippen molar-refractivity contribution in [2.75, 3.05) is 30.5 Å². The van der Waals surface area contributed by atoms with Gasteiger partial charge in [-0.1, -0.05) is 48.5 Å². The van der Waals surface area contributed by atoms with Crippen LogP contribution in [0.5, 0.6) is 23.0 Å². The van der Waals surface area contributed by atoms with Crippen molar-refractivity contribution in [3.63, 3.8) is 0 Å². The average molecular weight is 809 g/mol. The zero-order chi connectivity index (χ0) is 41.0. The van der Waals surface area contributed by atoms with Crippen molar-refractivity contribution in [3.05, 3.63) is 168 Å². The molecule has 0 bridgehead atoms. The molecule has 304 valence electrons. The Balaban J connectivity index is 0.000000311. The van der Waals surface area contributed by atoms with Crippen molar-refractivity contribution in [1.82, 2.24) is 9.97 Å². The molecule has 60 heavy (non-hydrogen) atoms. The standard InChI is InChI=1S/C23H22N2O5.C21H18N2O5.Li.H2O/c1-2-28-22(26)16-29-19-9-5-7-17(13-19)15-30-21-11-4-3-10-20(21)23(27)25-18-8-6-12-24-14-18;24-20(25)14-27-17-7-3-5-15(11-17)13-28-19-9-2-1-8-18(19)21(26)23-16-6-4-10-22-12-16;;/h3-14H,2,15-16H2,1H3,(H,25,27);1-12H,13-14H2,(H,23,26)(H,24,25);;1H2/q;;+1;/p-1. The van der Waals surface area contributed by atoms with Crippen LogP contribution in [0.1, 0.15) is 38.8 Å². The maximum atomic E-state index is 12.6. The molecule has 6 aromatic rings. The number of hydrogen-bond donors (Lipinski definition) is 3. The van der Waals surface area contributed by atoms with E-state index in [0.717, 1.165) is 11.1 Å². The van der Waals surface area contributed by atoms with E-state index in [2.05, 4.69) is 20.6 Å². The van der Waals surface area contributed by atoms with Crippen LogP contribution in [0.3, 0.4) is 0 Å². The van der Waals surface area contributed by atoms with Crippen molar-refractivity contribution in [2.45, 2.75) is 20.1 Å². The zero-order valence-corrected chi connectivity index (χ0v) is 32.9. The van der Waals surface area contributed by atoms with Crippen LogP contribution in [-0.4, -0.2) is 64.1 Å². The summed E-state index contributed by atoms with van der Waals surface area (Å²) in [6, 6.07) is 35.0. The largest absolute Gasteiger partial charge is 1.00 e. The number of nitrogens with one attached hydrogen (secondary N) is 2. The molecule has 0 unspecified atom stereocenters. The molecule has 0 saturated carbocycles. The van der Waals surface area contributed by atoms with Gasteiger partial charge in [0.05, 0.1) is 41.5 Å². The minimum atomic E-state index is -1.05. The van der Waals surface area contributed by atoms with Crippen LogP contribution in [0, 0.1) is 0 Å². The second kappa shape index (κ2) is 25.2. The molecule has 16 heteroatoms. The zero-order valence-electron chi connectivity index (χ0n) is 32.9. The number of hydrogen-bond acceptors (Lipinski definition) is 12. The number of carbonyl (C=O) groups is 4. The number of benzene rings is 4. The van der Waals surface area contributed by atoms with Crippen molar-refractivity contribution in [2.24, 2.45) is 0 Å². The van der Waals surface area contributed by atoms with Gasteiger partial charge in [-0.3, -0.25) is 19.6 Å². The van der Waals surface area contributed by atoms with Gasteiger partial charge >= 0.3 is 30.8 Å². The molecule has 2 aromatic heterocycles. The fraction of sp³-hybridized carbons (Fsp3) is 0.136. The summed E-state index contributed by atoms with van der Waals surface area (Å²) < 4.78 is 27.1. The normalized spacial score (nSPS) is 9.82. The van der Waals surface area contributed by atoms with Gasteiger partial charge in [0.15, 0.2) is 13.2 Å². The van der Waals surface area contributed by atoms with Crippen LogP contribution in [0.2, 0.25) is 0 Å². The fourth-order valence-corrected chi connectivity index (χ4v) is 5.09. The summed E-state index contributed by atoms with van der Waals surface area (Å²) in [5, 5.41) is 14.3. The van der Waals surface area contributed by atoms with Gasteiger partial charge < -0.3 is 44.9 Å². The Morgan fingerprint density at radius 2 is 1.05 bits per heavy atom. The maximum absolute atomic E-state index is 12.6. The maximum Gasteiger partial charge on any atom is 1.00 e. The molecule has 6 rings (SSSR count). The molecule has 0 spiro atoms. The van der Waals surface area contributed by atoms with Gasteiger partial charge in [0, 0.05) is 12.4 Å². The van der Waals surface area contributed by atoms with E-state index in [-0.39, 0.29) is 56.0 Å². The Kier molecular flexibility index (Phi) is 19.9. The molecular weight excluding hydrogens is 767 g/mol. The Labute approximate surface area is 358 Å². The van der Waals surface area contributed by atoms with Gasteiger partial charge in [0.1, 0.15) is 36.2 Å². The number of aromatic nitrogens is 2. The van der Waals surface area contributed by atoms with Crippen LogP contribution in [0.15, 0.2) is 146 Å². The van der Waals surface area contributed by atoms with Gasteiger partial charge in [-0.2, -0.15) is 0 Å². The van der Waals surface area contributed by atoms with Crippen molar-refractivity contribution in [1.29, 1.82) is 0 Å². The monoisotopic (exact) mass is 808 g/mol. The Hall–Kier alpha value is -7.18. The number of para-hydroxylation sites is 2. The molecule has 0 fully saturated rings. The predicted octanol–water partition coefficient (Wildman–Crippen LogP) is 4.06. The molecule has 4 aromatic carbocycles. The van der Waals surface area contributed by atoms with Crippen molar-refractivity contribution >= 4 is 35.1 Å². The number of aliphatic carboxylic acids is 1. The molecule has 2 heterocycles. The number of carboxylic acids is 1. The second-order valence-corrected chi connectivity index (χ2v) is 12.0. The van der Waals surface area contributed by atoms with Crippen molar-refractivity contribution < 1.29 is 72.3 Å². The smallest absolute Gasteiger partial charge is 0.870 e. The van der Waals surface area contributed by atoms with Crippen LogP contribution < -0.4 is 48.4 Å². The minimum absolute atomic E-state index is 0. The fourth-order valence-electron chi connectivity index (χ4n) is 5.09. The molecule has 0 aliphatic carbocycles. The summed E-state index contributed by atoms with van der Waals surface area (Å²) in [6.45, 7) is 1.90. The van der Waals surface area contributed by atoms with Crippen LogP contribution in [0.25, 0.3) is 0 Å². The summed E-state index contributed by atoms with van der Waals surface area (Å²) >= 11 is 0. The first-order valence-electron chi connectivity index (χ1n) is 17.9. The van der Waals surface area contributed by atoms with Gasteiger partial charge in [-0.05, 0) is 90.8 Å². The topological polar surface area (TPSA) is 214 Å². The number of carbonyl (C=O) groups excluding carboxylic acids is 3. The first-order chi connectivity index (χ1) is 28.3. The van der Waals surface area contributed by atoms with E-state index in [1.54, 1.807) is 141 Å². The van der Waals surface area contributed by atoms with E-state index in [0.29, 0.717) is 52.1 Å². The number of carboxylic acid groups (broad SMARTS) is 1. The third-order valence-electron chi connectivity index (χ3n) is 7.71. The summed E-state index contributed by atoms with van der Waals surface area (Å²) in [6.07, 6.45) is 6.39. The van der Waals surface area contributed by atoms with Crippen LogP contribution in [0.4, 0.5) is 11.4 Å². The number of amides is 2. The summed E-state index contributed by atoms with van der Waals surface area (Å²) in [5.74, 6) is -0.203. The molecule has 4 N–H and O–H groups in total. The van der Waals surface area contributed by atoms with E-state index >= 15 is 0 Å². The Morgan fingerprint density at radius 3 is 1.48 bits per heavy atom. The number of pyridine rings is 2. The number of esters is 1. The molecule has 15 nitrogen and oxygen atoms in total. The number of rotatable bonds is 17. The van der Waals surface area contributed by atoms with E-state index in [1.807, 2.05) is 12.1 Å². The number of nitrogens with zero attached hydrogens (tertiary/aromatic N) is 2.